The van der Waals surface area contributed by atoms with Crippen molar-refractivity contribution < 1.29 is 13.9 Å². The molecule has 2 aromatic carbocycles. The van der Waals surface area contributed by atoms with Crippen molar-refractivity contribution in [2.75, 3.05) is 12.4 Å². The van der Waals surface area contributed by atoms with Gasteiger partial charge >= 0.3 is 0 Å². The molecule has 8 heteroatoms. The van der Waals surface area contributed by atoms with Gasteiger partial charge in [0.1, 0.15) is 11.6 Å². The van der Waals surface area contributed by atoms with E-state index in [0.717, 1.165) is 23.5 Å². The van der Waals surface area contributed by atoms with E-state index < -0.39 is 11.7 Å². The number of amides is 1. The van der Waals surface area contributed by atoms with Gasteiger partial charge in [-0.15, -0.1) is 0 Å². The van der Waals surface area contributed by atoms with Crippen LogP contribution >= 0.6 is 0 Å². The monoisotopic (exact) mass is 423 g/mol. The van der Waals surface area contributed by atoms with E-state index in [4.69, 9.17) is 4.74 Å². The Kier molecular flexibility index (Phi) is 7.02. The number of anilines is 1. The number of guanidine groups is 1. The molecule has 3 aromatic rings. The molecule has 0 spiro atoms. The number of rotatable bonds is 6. The molecule has 0 unspecified atom stereocenters. The van der Waals surface area contributed by atoms with Gasteiger partial charge in [0.2, 0.25) is 5.96 Å². The molecule has 0 aliphatic heterocycles. The summed E-state index contributed by atoms with van der Waals surface area (Å²) in [5.41, 5.74) is 3.73. The zero-order valence-electron chi connectivity index (χ0n) is 18.1. The number of carbonyl (C=O) groups is 1. The highest BCUT2D eigenvalue weighted by molar-refractivity contribution is 6.10. The molecular formula is C23H26FN5O2. The Bertz CT molecular complexity index is 1110. The lowest BCUT2D eigenvalue weighted by Crippen LogP contribution is -2.36. The van der Waals surface area contributed by atoms with Crippen molar-refractivity contribution in [3.8, 4) is 5.75 Å². The molecule has 2 N–H and O–H groups in total. The maximum absolute atomic E-state index is 13.6. The molecule has 0 saturated carbocycles. The number of methoxy groups -OCH3 is 1. The van der Waals surface area contributed by atoms with Crippen molar-refractivity contribution in [1.29, 1.82) is 0 Å². The molecule has 0 bridgehead atoms. The molecule has 7 nitrogen and oxygen atoms in total. The molecule has 1 aromatic heterocycles. The van der Waals surface area contributed by atoms with Crippen LogP contribution in [0.15, 0.2) is 53.5 Å². The van der Waals surface area contributed by atoms with Crippen molar-refractivity contribution in [2.45, 2.75) is 33.9 Å². The van der Waals surface area contributed by atoms with E-state index in [1.54, 1.807) is 19.2 Å². The molecular weight excluding hydrogens is 397 g/mol. The van der Waals surface area contributed by atoms with Crippen LogP contribution in [0.4, 0.5) is 10.1 Å². The second-order valence-electron chi connectivity index (χ2n) is 6.92. The average Bonchev–Trinajstić information content (AvgIpc) is 3.05. The van der Waals surface area contributed by atoms with Crippen LogP contribution in [0, 0.1) is 19.7 Å². The number of aryl methyl sites for hydroxylation is 2. The Labute approximate surface area is 181 Å². The Morgan fingerprint density at radius 3 is 2.65 bits per heavy atom. The summed E-state index contributed by atoms with van der Waals surface area (Å²) in [6, 6.07) is 12.8. The topological polar surface area (TPSA) is 80.5 Å². The third-order valence-corrected chi connectivity index (χ3v) is 4.90. The van der Waals surface area contributed by atoms with Crippen LogP contribution in [0.1, 0.15) is 34.2 Å². The minimum absolute atomic E-state index is 0.195. The fraction of sp³-hybridized carbons (Fsp3) is 0.261. The summed E-state index contributed by atoms with van der Waals surface area (Å²) >= 11 is 0. The Morgan fingerprint density at radius 1 is 1.19 bits per heavy atom. The second kappa shape index (κ2) is 9.88. The predicted octanol–water partition coefficient (Wildman–Crippen LogP) is 4.07. The quantitative estimate of drug-likeness (QED) is 0.463. The molecule has 1 amide bonds. The lowest BCUT2D eigenvalue weighted by molar-refractivity contribution is 0.0976. The van der Waals surface area contributed by atoms with E-state index in [9.17, 15) is 9.18 Å². The number of aromatic nitrogens is 2. The van der Waals surface area contributed by atoms with Gasteiger partial charge in [-0.05, 0) is 51.1 Å². The minimum Gasteiger partial charge on any atom is -0.495 e. The van der Waals surface area contributed by atoms with Crippen molar-refractivity contribution in [1.82, 2.24) is 15.1 Å². The average molecular weight is 423 g/mol. The largest absolute Gasteiger partial charge is 0.495 e. The number of nitrogens with one attached hydrogen (secondary N) is 2. The summed E-state index contributed by atoms with van der Waals surface area (Å²) in [5.74, 6) is -0.136. The summed E-state index contributed by atoms with van der Waals surface area (Å²) in [5, 5.41) is 10.4. The van der Waals surface area contributed by atoms with E-state index in [-0.39, 0.29) is 11.5 Å². The highest BCUT2D eigenvalue weighted by Gasteiger charge is 2.14. The van der Waals surface area contributed by atoms with Crippen molar-refractivity contribution in [2.24, 2.45) is 4.99 Å². The molecule has 0 radical (unpaired) electrons. The van der Waals surface area contributed by atoms with Crippen LogP contribution in [0.3, 0.4) is 0 Å². The number of benzene rings is 2. The SMILES string of the molecule is CCn1nc(C)c(CN=C(NC(=O)c2cccc(F)c2)Nc2ccccc2OC)c1C. The number of ether oxygens (including phenoxy) is 1. The van der Waals surface area contributed by atoms with E-state index in [1.165, 1.54) is 18.2 Å². The van der Waals surface area contributed by atoms with Crippen LogP contribution in [-0.4, -0.2) is 28.8 Å². The van der Waals surface area contributed by atoms with Gasteiger partial charge in [0.05, 0.1) is 25.0 Å². The number of aliphatic imine (C=N–C) groups is 1. The van der Waals surface area contributed by atoms with Crippen molar-refractivity contribution in [3.63, 3.8) is 0 Å². The van der Waals surface area contributed by atoms with Gasteiger partial charge in [0, 0.05) is 23.4 Å². The second-order valence-corrected chi connectivity index (χ2v) is 6.92. The van der Waals surface area contributed by atoms with Gasteiger partial charge in [0.25, 0.3) is 5.91 Å². The summed E-state index contributed by atoms with van der Waals surface area (Å²) in [6.45, 7) is 7.04. The molecule has 31 heavy (non-hydrogen) atoms. The molecule has 0 atom stereocenters. The number of nitrogens with zero attached hydrogens (tertiary/aromatic N) is 3. The van der Waals surface area contributed by atoms with Crippen LogP contribution in [0.2, 0.25) is 0 Å². The van der Waals surface area contributed by atoms with Gasteiger partial charge in [0.15, 0.2) is 0 Å². The summed E-state index contributed by atoms with van der Waals surface area (Å²) in [4.78, 5) is 17.3. The molecule has 1 heterocycles. The highest BCUT2D eigenvalue weighted by Crippen LogP contribution is 2.23. The zero-order valence-corrected chi connectivity index (χ0v) is 18.1. The van der Waals surface area contributed by atoms with E-state index in [0.29, 0.717) is 18.0 Å². The number of para-hydroxylation sites is 2. The van der Waals surface area contributed by atoms with Crippen molar-refractivity contribution in [3.05, 3.63) is 76.9 Å². The first-order valence-corrected chi connectivity index (χ1v) is 9.97. The molecule has 162 valence electrons. The maximum atomic E-state index is 13.6. The third-order valence-electron chi connectivity index (χ3n) is 4.90. The molecule has 0 aliphatic carbocycles. The highest BCUT2D eigenvalue weighted by atomic mass is 19.1. The first-order chi connectivity index (χ1) is 14.9. The van der Waals surface area contributed by atoms with Gasteiger partial charge < -0.3 is 10.1 Å². The van der Waals surface area contributed by atoms with E-state index in [2.05, 4.69) is 20.7 Å². The van der Waals surface area contributed by atoms with Gasteiger partial charge in [-0.3, -0.25) is 14.8 Å². The smallest absolute Gasteiger partial charge is 0.258 e. The summed E-state index contributed by atoms with van der Waals surface area (Å²) < 4.78 is 20.8. The number of carbonyl (C=O) groups excluding carboxylic acids is 1. The number of halogens is 1. The number of hydrogen-bond acceptors (Lipinski definition) is 4. The first kappa shape index (κ1) is 22.0. The third kappa shape index (κ3) is 5.28. The van der Waals surface area contributed by atoms with Crippen LogP contribution in [0.25, 0.3) is 0 Å². The van der Waals surface area contributed by atoms with Gasteiger partial charge in [-0.2, -0.15) is 5.10 Å². The van der Waals surface area contributed by atoms with Gasteiger partial charge in [-0.1, -0.05) is 18.2 Å². The zero-order chi connectivity index (χ0) is 22.4. The molecule has 3 rings (SSSR count). The Balaban J connectivity index is 1.90. The fourth-order valence-electron chi connectivity index (χ4n) is 3.22. The lowest BCUT2D eigenvalue weighted by atomic mass is 10.2. The van der Waals surface area contributed by atoms with Gasteiger partial charge in [-0.25, -0.2) is 9.38 Å². The van der Waals surface area contributed by atoms with Crippen molar-refractivity contribution >= 4 is 17.6 Å². The summed E-state index contributed by atoms with van der Waals surface area (Å²) in [7, 11) is 1.56. The normalized spacial score (nSPS) is 11.3. The van der Waals surface area contributed by atoms with E-state index in [1.807, 2.05) is 43.7 Å². The molecule has 0 aliphatic rings. The Morgan fingerprint density at radius 2 is 1.97 bits per heavy atom. The predicted molar refractivity (Wildman–Crippen MR) is 119 cm³/mol. The van der Waals surface area contributed by atoms with Crippen LogP contribution in [-0.2, 0) is 13.1 Å². The van der Waals surface area contributed by atoms with Crippen LogP contribution in [0.5, 0.6) is 5.75 Å². The van der Waals surface area contributed by atoms with E-state index >= 15 is 0 Å². The minimum atomic E-state index is -0.484. The molecule has 0 saturated heterocycles. The fourth-order valence-corrected chi connectivity index (χ4v) is 3.22. The standard InChI is InChI=1S/C23H26FN5O2/c1-5-29-16(3)19(15(2)28-29)14-25-23(26-20-11-6-7-12-21(20)31-4)27-22(30)17-9-8-10-18(24)13-17/h6-13H,5,14H2,1-4H3,(H2,25,26,27,30). The maximum Gasteiger partial charge on any atom is 0.258 e. The van der Waals surface area contributed by atoms with Crippen LogP contribution < -0.4 is 15.4 Å². The number of hydrogen-bond donors (Lipinski definition) is 2. The summed E-state index contributed by atoms with van der Waals surface area (Å²) in [6.07, 6.45) is 0. The lowest BCUT2D eigenvalue weighted by Gasteiger charge is -2.14. The Hall–Kier alpha value is -3.68. The molecule has 0 fully saturated rings. The first-order valence-electron chi connectivity index (χ1n) is 9.97.